The van der Waals surface area contributed by atoms with Crippen molar-refractivity contribution in [2.45, 2.75) is 12.8 Å². The van der Waals surface area contributed by atoms with Gasteiger partial charge in [-0.2, -0.15) is 0 Å². The fourth-order valence-corrected chi connectivity index (χ4v) is 4.03. The third kappa shape index (κ3) is 4.28. The molecule has 1 amide bonds. The zero-order valence-electron chi connectivity index (χ0n) is 16.6. The van der Waals surface area contributed by atoms with Gasteiger partial charge in [-0.1, -0.05) is 18.2 Å². The molecule has 6 heteroatoms. The monoisotopic (exact) mass is 390 g/mol. The predicted molar refractivity (Wildman–Crippen MR) is 114 cm³/mol. The molecule has 29 heavy (non-hydrogen) atoms. The number of nitrogens with zero attached hydrogens (tertiary/aromatic N) is 2. The van der Waals surface area contributed by atoms with Gasteiger partial charge in [-0.3, -0.25) is 9.78 Å². The molecule has 4 rings (SSSR count). The van der Waals surface area contributed by atoms with Crippen molar-refractivity contribution < 1.29 is 9.53 Å². The number of hydrogen-bond donors (Lipinski definition) is 2. The second-order valence-electron chi connectivity index (χ2n) is 7.67. The van der Waals surface area contributed by atoms with Gasteiger partial charge < -0.3 is 15.4 Å². The molecule has 6 nitrogen and oxygen atoms in total. The number of carbonyl (C=O) groups is 1. The van der Waals surface area contributed by atoms with Gasteiger partial charge in [0.1, 0.15) is 0 Å². The number of hydrogen-bond acceptors (Lipinski definition) is 5. The first-order valence-corrected chi connectivity index (χ1v) is 9.99. The van der Waals surface area contributed by atoms with E-state index in [9.17, 15) is 4.79 Å². The first-order chi connectivity index (χ1) is 14.2. The third-order valence-electron chi connectivity index (χ3n) is 5.68. The Hall–Kier alpha value is -2.83. The van der Waals surface area contributed by atoms with Gasteiger partial charge in [0.25, 0.3) is 5.91 Å². The Morgan fingerprint density at radius 3 is 2.69 bits per heavy atom. The molecule has 0 atom stereocenters. The third-order valence-corrected chi connectivity index (χ3v) is 5.68. The molecule has 1 aliphatic heterocycles. The molecule has 3 heterocycles. The molecule has 0 spiro atoms. The van der Waals surface area contributed by atoms with Crippen molar-refractivity contribution in [2.24, 2.45) is 5.41 Å². The largest absolute Gasteiger partial charge is 0.384 e. The fourth-order valence-electron chi connectivity index (χ4n) is 4.03. The maximum absolute atomic E-state index is 13.2. The van der Waals surface area contributed by atoms with Gasteiger partial charge in [0.05, 0.1) is 23.4 Å². The van der Waals surface area contributed by atoms with Gasteiger partial charge >= 0.3 is 0 Å². The van der Waals surface area contributed by atoms with Crippen LogP contribution in [0.5, 0.6) is 0 Å². The first-order valence-electron chi connectivity index (χ1n) is 9.99. The summed E-state index contributed by atoms with van der Waals surface area (Å²) < 4.78 is 5.47. The summed E-state index contributed by atoms with van der Waals surface area (Å²) in [5, 5.41) is 7.42. The minimum absolute atomic E-state index is 0.0214. The summed E-state index contributed by atoms with van der Waals surface area (Å²) in [6, 6.07) is 13.4. The Labute approximate surface area is 170 Å². The van der Waals surface area contributed by atoms with E-state index in [0.717, 1.165) is 48.1 Å². The summed E-state index contributed by atoms with van der Waals surface area (Å²) in [5.41, 5.74) is 3.13. The number of carbonyl (C=O) groups excluding carboxylic acids is 1. The van der Waals surface area contributed by atoms with E-state index in [-0.39, 0.29) is 11.3 Å². The number of rotatable bonds is 6. The zero-order chi connectivity index (χ0) is 20.1. The number of piperidine rings is 1. The van der Waals surface area contributed by atoms with Gasteiger partial charge in [-0.25, -0.2) is 4.98 Å². The lowest BCUT2D eigenvalue weighted by Crippen LogP contribution is -2.47. The summed E-state index contributed by atoms with van der Waals surface area (Å²) in [6.07, 6.45) is 5.44. The van der Waals surface area contributed by atoms with Gasteiger partial charge in [-0.15, -0.1) is 0 Å². The van der Waals surface area contributed by atoms with Crippen LogP contribution in [-0.2, 0) is 4.74 Å². The molecule has 1 saturated heterocycles. The Balaban J connectivity index is 1.64. The van der Waals surface area contributed by atoms with E-state index in [4.69, 9.17) is 9.72 Å². The van der Waals surface area contributed by atoms with E-state index in [1.807, 2.05) is 42.5 Å². The maximum Gasteiger partial charge on any atom is 0.252 e. The molecule has 0 bridgehead atoms. The number of fused-ring (bicyclic) bond motifs is 1. The molecule has 1 aliphatic rings. The van der Waals surface area contributed by atoms with Gasteiger partial charge in [0.15, 0.2) is 0 Å². The summed E-state index contributed by atoms with van der Waals surface area (Å²) in [4.78, 5) is 22.0. The van der Waals surface area contributed by atoms with Gasteiger partial charge in [0.2, 0.25) is 0 Å². The van der Waals surface area contributed by atoms with E-state index in [0.29, 0.717) is 18.7 Å². The number of methoxy groups -OCH3 is 1. The maximum atomic E-state index is 13.2. The molecular formula is C23H26N4O2. The minimum atomic E-state index is -0.0760. The smallest absolute Gasteiger partial charge is 0.252 e. The van der Waals surface area contributed by atoms with Crippen LogP contribution >= 0.6 is 0 Å². The Morgan fingerprint density at radius 2 is 1.93 bits per heavy atom. The Kier molecular flexibility index (Phi) is 5.83. The molecule has 0 saturated carbocycles. The molecule has 0 unspecified atom stereocenters. The molecule has 2 aromatic heterocycles. The van der Waals surface area contributed by atoms with Crippen LogP contribution in [0.4, 0.5) is 0 Å². The lowest BCUT2D eigenvalue weighted by atomic mass is 9.79. The molecule has 1 aromatic carbocycles. The highest BCUT2D eigenvalue weighted by Gasteiger charge is 2.32. The second-order valence-corrected chi connectivity index (χ2v) is 7.67. The SMILES string of the molecule is COCC1(CNC(=O)c2cc(-c3ccncc3)nc3ccccc23)CCNCC1. The molecule has 0 radical (unpaired) electrons. The standard InChI is InChI=1S/C23H26N4O2/c1-29-16-23(8-12-25-13-9-23)15-26-22(28)19-14-21(17-6-10-24-11-7-17)27-20-5-3-2-4-18(19)20/h2-7,10-11,14,25H,8-9,12-13,15-16H2,1H3,(H,26,28). The average molecular weight is 390 g/mol. The van der Waals surface area contributed by atoms with E-state index < -0.39 is 0 Å². The minimum Gasteiger partial charge on any atom is -0.384 e. The highest BCUT2D eigenvalue weighted by molar-refractivity contribution is 6.07. The molecule has 2 N–H and O–H groups in total. The highest BCUT2D eigenvalue weighted by Crippen LogP contribution is 2.29. The lowest BCUT2D eigenvalue weighted by Gasteiger charge is -2.37. The van der Waals surface area contributed by atoms with Crippen LogP contribution in [0, 0.1) is 5.41 Å². The number of ether oxygens (including phenoxy) is 1. The van der Waals surface area contributed by atoms with Crippen LogP contribution in [-0.4, -0.2) is 49.2 Å². The first kappa shape index (κ1) is 19.5. The highest BCUT2D eigenvalue weighted by atomic mass is 16.5. The van der Waals surface area contributed by atoms with E-state index in [2.05, 4.69) is 15.6 Å². The van der Waals surface area contributed by atoms with Crippen LogP contribution in [0.2, 0.25) is 0 Å². The lowest BCUT2D eigenvalue weighted by molar-refractivity contribution is 0.0512. The number of aromatic nitrogens is 2. The van der Waals surface area contributed by atoms with Crippen molar-refractivity contribution in [2.75, 3.05) is 33.4 Å². The van der Waals surface area contributed by atoms with Crippen molar-refractivity contribution in [3.05, 3.63) is 60.4 Å². The molecule has 3 aromatic rings. The molecule has 150 valence electrons. The normalized spacial score (nSPS) is 15.9. The van der Waals surface area contributed by atoms with Gasteiger partial charge in [-0.05, 0) is 50.2 Å². The summed E-state index contributed by atoms with van der Waals surface area (Å²) in [6.45, 7) is 3.14. The zero-order valence-corrected chi connectivity index (χ0v) is 16.6. The molecule has 1 fully saturated rings. The number of pyridine rings is 2. The molecular weight excluding hydrogens is 364 g/mol. The summed E-state index contributed by atoms with van der Waals surface area (Å²) >= 11 is 0. The van der Waals surface area contributed by atoms with Crippen LogP contribution in [0.1, 0.15) is 23.2 Å². The Bertz CT molecular complexity index is 979. The van der Waals surface area contributed by atoms with Crippen LogP contribution < -0.4 is 10.6 Å². The number of amides is 1. The topological polar surface area (TPSA) is 76.1 Å². The van der Waals surface area contributed by atoms with Crippen molar-refractivity contribution in [3.63, 3.8) is 0 Å². The van der Waals surface area contributed by atoms with Crippen molar-refractivity contribution >= 4 is 16.8 Å². The van der Waals surface area contributed by atoms with Crippen LogP contribution in [0.25, 0.3) is 22.2 Å². The second kappa shape index (κ2) is 8.68. The predicted octanol–water partition coefficient (Wildman–Crippen LogP) is 3.04. The van der Waals surface area contributed by atoms with Crippen molar-refractivity contribution in [3.8, 4) is 11.3 Å². The van der Waals surface area contributed by atoms with E-state index in [1.54, 1.807) is 19.5 Å². The number of nitrogens with one attached hydrogen (secondary N) is 2. The fraction of sp³-hybridized carbons (Fsp3) is 0.348. The van der Waals surface area contributed by atoms with Crippen molar-refractivity contribution in [1.29, 1.82) is 0 Å². The average Bonchev–Trinajstić information content (AvgIpc) is 2.78. The van der Waals surface area contributed by atoms with Crippen molar-refractivity contribution in [1.82, 2.24) is 20.6 Å². The number of benzene rings is 1. The number of para-hydroxylation sites is 1. The quantitative estimate of drug-likeness (QED) is 0.677. The summed E-state index contributed by atoms with van der Waals surface area (Å²) in [7, 11) is 1.73. The Morgan fingerprint density at radius 1 is 1.17 bits per heavy atom. The molecule has 0 aliphatic carbocycles. The van der Waals surface area contributed by atoms with E-state index in [1.165, 1.54) is 0 Å². The van der Waals surface area contributed by atoms with Crippen LogP contribution in [0.15, 0.2) is 54.9 Å². The van der Waals surface area contributed by atoms with E-state index >= 15 is 0 Å². The van der Waals surface area contributed by atoms with Crippen LogP contribution in [0.3, 0.4) is 0 Å². The van der Waals surface area contributed by atoms with Gasteiger partial charge in [0, 0.05) is 42.4 Å². The summed E-state index contributed by atoms with van der Waals surface area (Å²) in [5.74, 6) is -0.0760.